The predicted octanol–water partition coefficient (Wildman–Crippen LogP) is 3.30. The number of hydrogen-bond donors (Lipinski definition) is 0. The van der Waals surface area contributed by atoms with E-state index in [2.05, 4.69) is 4.98 Å². The molecule has 0 saturated heterocycles. The summed E-state index contributed by atoms with van der Waals surface area (Å²) in [4.78, 5) is 3.38. The molecule has 0 saturated carbocycles. The number of pyridine rings is 1. The number of halogens is 3. The normalized spacial score (nSPS) is 12.1. The maximum Gasteiger partial charge on any atom is 0.433 e. The minimum Gasteiger partial charge on any atom is -0.252 e. The van der Waals surface area contributed by atoms with E-state index in [0.29, 0.717) is 5.92 Å². The van der Waals surface area contributed by atoms with E-state index in [-0.39, 0.29) is 0 Å². The molecule has 0 aliphatic heterocycles. The minimum atomic E-state index is -4.34. The van der Waals surface area contributed by atoms with Crippen LogP contribution in [0.3, 0.4) is 0 Å². The van der Waals surface area contributed by atoms with Crippen LogP contribution in [0.15, 0.2) is 18.3 Å². The first-order valence-corrected chi connectivity index (χ1v) is 4.41. The zero-order valence-electron chi connectivity index (χ0n) is 8.10. The van der Waals surface area contributed by atoms with Gasteiger partial charge in [0.25, 0.3) is 0 Å². The lowest BCUT2D eigenvalue weighted by molar-refractivity contribution is -0.141. The molecule has 0 bridgehead atoms. The monoisotopic (exact) mass is 203 g/mol. The highest BCUT2D eigenvalue weighted by Gasteiger charge is 2.31. The molecule has 1 rings (SSSR count). The molecule has 1 heterocycles. The summed E-state index contributed by atoms with van der Waals surface area (Å²) in [5.74, 6) is 0.425. The van der Waals surface area contributed by atoms with Gasteiger partial charge in [0.15, 0.2) is 0 Å². The van der Waals surface area contributed by atoms with Crippen molar-refractivity contribution >= 4 is 0 Å². The summed E-state index contributed by atoms with van der Waals surface area (Å²) in [6, 6.07) is 2.51. The topological polar surface area (TPSA) is 12.9 Å². The molecule has 1 aromatic rings. The molecule has 0 atom stereocenters. The van der Waals surface area contributed by atoms with Crippen LogP contribution in [-0.2, 0) is 12.6 Å². The first-order valence-electron chi connectivity index (χ1n) is 4.41. The SMILES string of the molecule is CC(C)Cc1ccc(C(F)(F)F)nc1. The molecule has 0 unspecified atom stereocenters. The van der Waals surface area contributed by atoms with Gasteiger partial charge in [0.2, 0.25) is 0 Å². The molecule has 0 N–H and O–H groups in total. The average molecular weight is 203 g/mol. The van der Waals surface area contributed by atoms with Crippen molar-refractivity contribution in [2.45, 2.75) is 26.4 Å². The van der Waals surface area contributed by atoms with E-state index in [1.54, 1.807) is 0 Å². The molecule has 4 heteroatoms. The molecule has 0 fully saturated rings. The Labute approximate surface area is 81.0 Å². The van der Waals surface area contributed by atoms with Crippen molar-refractivity contribution in [3.05, 3.63) is 29.6 Å². The molecule has 0 aliphatic rings. The Bertz CT molecular complexity index is 287. The molecule has 0 radical (unpaired) electrons. The minimum absolute atomic E-state index is 0.425. The Morgan fingerprint density at radius 2 is 1.93 bits per heavy atom. The molecular weight excluding hydrogens is 191 g/mol. The highest BCUT2D eigenvalue weighted by Crippen LogP contribution is 2.27. The lowest BCUT2D eigenvalue weighted by Gasteiger charge is -2.07. The molecule has 0 spiro atoms. The average Bonchev–Trinajstić information content (AvgIpc) is 2.02. The van der Waals surface area contributed by atoms with Crippen LogP contribution in [0.25, 0.3) is 0 Å². The third-order valence-electron chi connectivity index (χ3n) is 1.76. The molecule has 1 nitrogen and oxygen atoms in total. The van der Waals surface area contributed by atoms with Crippen molar-refractivity contribution in [2.24, 2.45) is 5.92 Å². The second-order valence-corrected chi connectivity index (χ2v) is 3.65. The number of hydrogen-bond acceptors (Lipinski definition) is 1. The van der Waals surface area contributed by atoms with Gasteiger partial charge in [0.1, 0.15) is 5.69 Å². The molecule has 0 aromatic carbocycles. The van der Waals surface area contributed by atoms with Crippen molar-refractivity contribution in [3.8, 4) is 0 Å². The Balaban J connectivity index is 2.79. The van der Waals surface area contributed by atoms with Crippen LogP contribution in [0.2, 0.25) is 0 Å². The molecule has 78 valence electrons. The number of alkyl halides is 3. The second kappa shape index (κ2) is 3.98. The molecule has 0 amide bonds. The van der Waals surface area contributed by atoms with Crippen molar-refractivity contribution < 1.29 is 13.2 Å². The molecular formula is C10H12F3N. The maximum absolute atomic E-state index is 12.1. The standard InChI is InChI=1S/C10H12F3N/c1-7(2)5-8-3-4-9(14-6-8)10(11,12)13/h3-4,6-7H,5H2,1-2H3. The van der Waals surface area contributed by atoms with E-state index < -0.39 is 11.9 Å². The summed E-state index contributed by atoms with van der Waals surface area (Å²) in [5, 5.41) is 0. The van der Waals surface area contributed by atoms with Crippen LogP contribution < -0.4 is 0 Å². The second-order valence-electron chi connectivity index (χ2n) is 3.65. The fourth-order valence-corrected chi connectivity index (χ4v) is 1.18. The van der Waals surface area contributed by atoms with Gasteiger partial charge in [-0.3, -0.25) is 4.98 Å². The number of rotatable bonds is 2. The zero-order valence-corrected chi connectivity index (χ0v) is 8.10. The Morgan fingerprint density at radius 3 is 2.29 bits per heavy atom. The van der Waals surface area contributed by atoms with Crippen molar-refractivity contribution in [1.82, 2.24) is 4.98 Å². The summed E-state index contributed by atoms with van der Waals surface area (Å²) in [7, 11) is 0. The number of nitrogens with zero attached hydrogens (tertiary/aromatic N) is 1. The Morgan fingerprint density at radius 1 is 1.29 bits per heavy atom. The van der Waals surface area contributed by atoms with Gasteiger partial charge < -0.3 is 0 Å². The first-order chi connectivity index (χ1) is 6.39. The maximum atomic E-state index is 12.1. The molecule has 0 aliphatic carbocycles. The summed E-state index contributed by atoms with van der Waals surface area (Å²) in [5.41, 5.74) is 0.0120. The van der Waals surface area contributed by atoms with E-state index in [4.69, 9.17) is 0 Å². The Kier molecular flexibility index (Phi) is 3.13. The number of aromatic nitrogens is 1. The van der Waals surface area contributed by atoms with Gasteiger partial charge in [-0.1, -0.05) is 19.9 Å². The third-order valence-corrected chi connectivity index (χ3v) is 1.76. The van der Waals surface area contributed by atoms with E-state index in [0.717, 1.165) is 18.1 Å². The highest BCUT2D eigenvalue weighted by molar-refractivity contribution is 5.16. The quantitative estimate of drug-likeness (QED) is 0.718. The molecule has 14 heavy (non-hydrogen) atoms. The lowest BCUT2D eigenvalue weighted by Crippen LogP contribution is -2.08. The van der Waals surface area contributed by atoms with Gasteiger partial charge in [0.05, 0.1) is 0 Å². The van der Waals surface area contributed by atoms with Crippen LogP contribution >= 0.6 is 0 Å². The lowest BCUT2D eigenvalue weighted by atomic mass is 10.0. The van der Waals surface area contributed by atoms with Gasteiger partial charge in [-0.2, -0.15) is 13.2 Å². The highest BCUT2D eigenvalue weighted by atomic mass is 19.4. The van der Waals surface area contributed by atoms with Gasteiger partial charge in [-0.25, -0.2) is 0 Å². The predicted molar refractivity (Wildman–Crippen MR) is 47.8 cm³/mol. The first kappa shape index (κ1) is 11.0. The van der Waals surface area contributed by atoms with Gasteiger partial charge in [-0.15, -0.1) is 0 Å². The van der Waals surface area contributed by atoms with E-state index in [1.807, 2.05) is 13.8 Å². The fraction of sp³-hybridized carbons (Fsp3) is 0.500. The smallest absolute Gasteiger partial charge is 0.252 e. The van der Waals surface area contributed by atoms with Crippen LogP contribution in [0.4, 0.5) is 13.2 Å². The summed E-state index contributed by atoms with van der Waals surface area (Å²) < 4.78 is 36.4. The van der Waals surface area contributed by atoms with Crippen LogP contribution in [0, 0.1) is 5.92 Å². The van der Waals surface area contributed by atoms with Gasteiger partial charge >= 0.3 is 6.18 Å². The van der Waals surface area contributed by atoms with E-state index in [1.165, 1.54) is 12.3 Å². The fourth-order valence-electron chi connectivity index (χ4n) is 1.18. The van der Waals surface area contributed by atoms with Crippen LogP contribution in [0.5, 0.6) is 0 Å². The zero-order chi connectivity index (χ0) is 10.8. The third kappa shape index (κ3) is 3.01. The van der Waals surface area contributed by atoms with E-state index >= 15 is 0 Å². The summed E-state index contributed by atoms with van der Waals surface area (Å²) in [6.07, 6.45) is -2.29. The summed E-state index contributed by atoms with van der Waals surface area (Å²) in [6.45, 7) is 4.02. The van der Waals surface area contributed by atoms with Crippen LogP contribution in [0.1, 0.15) is 25.1 Å². The molecule has 1 aromatic heterocycles. The van der Waals surface area contributed by atoms with Crippen LogP contribution in [-0.4, -0.2) is 4.98 Å². The van der Waals surface area contributed by atoms with Gasteiger partial charge in [-0.05, 0) is 24.0 Å². The van der Waals surface area contributed by atoms with Crippen molar-refractivity contribution in [3.63, 3.8) is 0 Å². The van der Waals surface area contributed by atoms with Gasteiger partial charge in [0, 0.05) is 6.20 Å². The Hall–Kier alpha value is -1.06. The largest absolute Gasteiger partial charge is 0.433 e. The summed E-state index contributed by atoms with van der Waals surface area (Å²) >= 11 is 0. The van der Waals surface area contributed by atoms with Crippen molar-refractivity contribution in [2.75, 3.05) is 0 Å². The van der Waals surface area contributed by atoms with Crippen molar-refractivity contribution in [1.29, 1.82) is 0 Å². The van der Waals surface area contributed by atoms with E-state index in [9.17, 15) is 13.2 Å².